The van der Waals surface area contributed by atoms with Crippen LogP contribution in [-0.4, -0.2) is 61.1 Å². The number of thiazole rings is 1. The largest absolute Gasteiger partial charge is 0.488 e. The van der Waals surface area contributed by atoms with Crippen LogP contribution in [0.15, 0.2) is 60.8 Å². The first-order valence-corrected chi connectivity index (χ1v) is 13.9. The highest BCUT2D eigenvalue weighted by molar-refractivity contribution is 7.14. The molecule has 0 saturated carbocycles. The van der Waals surface area contributed by atoms with E-state index in [-0.39, 0.29) is 23.0 Å². The molecule has 0 aliphatic carbocycles. The van der Waals surface area contributed by atoms with Crippen molar-refractivity contribution in [2.75, 3.05) is 43.9 Å². The summed E-state index contributed by atoms with van der Waals surface area (Å²) >= 11 is 0.652. The number of ether oxygens (including phenoxy) is 2. The Hall–Kier alpha value is -4.58. The zero-order chi connectivity index (χ0) is 29.8. The van der Waals surface area contributed by atoms with Crippen molar-refractivity contribution in [3.05, 3.63) is 71.5 Å². The van der Waals surface area contributed by atoms with Gasteiger partial charge in [0.15, 0.2) is 16.7 Å². The highest BCUT2D eigenvalue weighted by Crippen LogP contribution is 2.41. The van der Waals surface area contributed by atoms with Gasteiger partial charge in [-0.15, -0.1) is 0 Å². The summed E-state index contributed by atoms with van der Waals surface area (Å²) in [6.07, 6.45) is 1.44. The van der Waals surface area contributed by atoms with Crippen molar-refractivity contribution in [1.82, 2.24) is 9.97 Å². The normalized spacial score (nSPS) is 13.2. The molecule has 4 aromatic rings. The van der Waals surface area contributed by atoms with Gasteiger partial charge in [0.25, 0.3) is 0 Å². The molecule has 2 aromatic carbocycles. The Morgan fingerprint density at radius 1 is 1.19 bits per heavy atom. The van der Waals surface area contributed by atoms with Crippen LogP contribution in [-0.2, 0) is 16.0 Å². The number of hydrogen-bond acceptors (Lipinski definition) is 8. The summed E-state index contributed by atoms with van der Waals surface area (Å²) in [6.45, 7) is 0.105. The van der Waals surface area contributed by atoms with E-state index in [1.54, 1.807) is 24.4 Å². The molecule has 1 aliphatic rings. The van der Waals surface area contributed by atoms with Crippen molar-refractivity contribution in [2.24, 2.45) is 5.92 Å². The maximum Gasteiger partial charge on any atom is 0.304 e. The van der Waals surface area contributed by atoms with Crippen LogP contribution in [0, 0.1) is 11.0 Å². The van der Waals surface area contributed by atoms with Crippen LogP contribution in [0.2, 0.25) is 0 Å². The Morgan fingerprint density at radius 3 is 2.71 bits per heavy atom. The second-order valence-electron chi connectivity index (χ2n) is 9.78. The minimum Gasteiger partial charge on any atom is -0.488 e. The molecule has 1 atom stereocenters. The molecule has 0 saturated heterocycles. The number of fused-ring (bicyclic) bond motifs is 1. The van der Waals surface area contributed by atoms with Gasteiger partial charge in [0.1, 0.15) is 18.1 Å². The molecule has 1 N–H and O–H groups in total. The summed E-state index contributed by atoms with van der Waals surface area (Å²) < 4.78 is 39.4. The molecule has 0 bridgehead atoms. The van der Waals surface area contributed by atoms with Crippen LogP contribution >= 0.6 is 11.3 Å². The lowest BCUT2D eigenvalue weighted by atomic mass is 9.95. The average molecular weight is 595 g/mol. The number of aliphatic carboxylic acids is 1. The fraction of sp³-hybridized carbons (Fsp3) is 0.267. The van der Waals surface area contributed by atoms with E-state index >= 15 is 4.39 Å². The number of likely N-dealkylation sites (N-methyl/N-ethyl adjacent to an activating group) is 1. The summed E-state index contributed by atoms with van der Waals surface area (Å²) in [7, 11) is 3.35. The topological polar surface area (TPSA) is 105 Å². The third-order valence-corrected chi connectivity index (χ3v) is 7.86. The van der Waals surface area contributed by atoms with Crippen LogP contribution < -0.4 is 19.3 Å². The number of carboxylic acid groups (broad SMARTS) is 1. The first-order chi connectivity index (χ1) is 20.2. The van der Waals surface area contributed by atoms with E-state index in [0.717, 1.165) is 5.56 Å². The van der Waals surface area contributed by atoms with Gasteiger partial charge in [-0.1, -0.05) is 41.7 Å². The molecule has 0 spiro atoms. The molecular formula is C30H28F2N4O5S. The average Bonchev–Trinajstić information content (AvgIpc) is 3.37. The fourth-order valence-corrected chi connectivity index (χ4v) is 5.60. The molecule has 3 heterocycles. The summed E-state index contributed by atoms with van der Waals surface area (Å²) in [5.74, 6) is -1.09. The van der Waals surface area contributed by atoms with Gasteiger partial charge in [0.05, 0.1) is 18.9 Å². The zero-order valence-corrected chi connectivity index (χ0v) is 23.7. The van der Waals surface area contributed by atoms with Crippen LogP contribution in [0.4, 0.5) is 19.7 Å². The fourth-order valence-electron chi connectivity index (χ4n) is 4.82. The lowest BCUT2D eigenvalue weighted by molar-refractivity contribution is -0.140. The Labute approximate surface area is 245 Å². The number of alkyl halides is 1. The number of halogens is 2. The van der Waals surface area contributed by atoms with E-state index in [1.165, 1.54) is 18.0 Å². The second kappa shape index (κ2) is 12.5. The molecule has 12 heteroatoms. The Balaban J connectivity index is 1.50. The molecule has 1 aliphatic heterocycles. The number of carbonyl (C=O) groups is 2. The van der Waals surface area contributed by atoms with Crippen molar-refractivity contribution in [3.63, 3.8) is 0 Å². The van der Waals surface area contributed by atoms with Crippen molar-refractivity contribution < 1.29 is 33.0 Å². The summed E-state index contributed by atoms with van der Waals surface area (Å²) in [5, 5.41) is 8.83. The van der Waals surface area contributed by atoms with Crippen LogP contribution in [0.5, 0.6) is 11.5 Å². The molecule has 0 radical (unpaired) electrons. The highest BCUT2D eigenvalue weighted by Gasteiger charge is 2.29. The van der Waals surface area contributed by atoms with E-state index in [9.17, 15) is 19.1 Å². The third kappa shape index (κ3) is 6.18. The molecule has 1 unspecified atom stereocenters. The summed E-state index contributed by atoms with van der Waals surface area (Å²) in [6, 6.07) is 15.6. The van der Waals surface area contributed by atoms with Gasteiger partial charge in [-0.2, -0.15) is 4.39 Å². The van der Waals surface area contributed by atoms with Gasteiger partial charge in [0.2, 0.25) is 17.9 Å². The van der Waals surface area contributed by atoms with Crippen LogP contribution in [0.1, 0.15) is 12.0 Å². The molecule has 0 fully saturated rings. The second-order valence-corrected chi connectivity index (χ2v) is 10.7. The van der Waals surface area contributed by atoms with Gasteiger partial charge in [-0.3, -0.25) is 14.5 Å². The van der Waals surface area contributed by atoms with Crippen LogP contribution in [0.3, 0.4) is 0 Å². The SMILES string of the molecule is CN1CCOc2cc(-c3ccc(OCF)cc3-c3nc(N(C)C(=O)C(CC(=O)O)Cc4ccccc4)sc3F)cnc21. The third-order valence-electron chi connectivity index (χ3n) is 6.94. The number of carboxylic acids is 1. The number of hydrogen-bond donors (Lipinski definition) is 1. The van der Waals surface area contributed by atoms with E-state index in [4.69, 9.17) is 9.47 Å². The van der Waals surface area contributed by atoms with E-state index in [1.807, 2.05) is 42.3 Å². The number of pyridine rings is 1. The van der Waals surface area contributed by atoms with Crippen molar-refractivity contribution in [1.29, 1.82) is 0 Å². The lowest BCUT2D eigenvalue weighted by Gasteiger charge is -2.26. The molecule has 1 amide bonds. The number of anilines is 2. The predicted molar refractivity (Wildman–Crippen MR) is 155 cm³/mol. The molecule has 218 valence electrons. The van der Waals surface area contributed by atoms with Gasteiger partial charge in [-0.25, -0.2) is 14.4 Å². The summed E-state index contributed by atoms with van der Waals surface area (Å²) in [4.78, 5) is 37.1. The van der Waals surface area contributed by atoms with E-state index in [2.05, 4.69) is 9.97 Å². The number of rotatable bonds is 10. The predicted octanol–water partition coefficient (Wildman–Crippen LogP) is 5.44. The number of aromatic nitrogens is 2. The smallest absolute Gasteiger partial charge is 0.304 e. The van der Waals surface area contributed by atoms with Crippen molar-refractivity contribution in [2.45, 2.75) is 12.8 Å². The maximum absolute atomic E-state index is 15.6. The minimum atomic E-state index is -1.12. The Kier molecular flexibility index (Phi) is 8.62. The minimum absolute atomic E-state index is 0.0484. The quantitative estimate of drug-likeness (QED) is 0.259. The van der Waals surface area contributed by atoms with E-state index < -0.39 is 36.2 Å². The Morgan fingerprint density at radius 2 is 1.98 bits per heavy atom. The van der Waals surface area contributed by atoms with Crippen molar-refractivity contribution >= 4 is 34.2 Å². The number of amides is 1. The lowest BCUT2D eigenvalue weighted by Crippen LogP contribution is -2.35. The molecular weight excluding hydrogens is 566 g/mol. The maximum atomic E-state index is 15.6. The molecule has 42 heavy (non-hydrogen) atoms. The number of nitrogens with zero attached hydrogens (tertiary/aromatic N) is 4. The monoisotopic (exact) mass is 594 g/mol. The van der Waals surface area contributed by atoms with Gasteiger partial charge >= 0.3 is 5.97 Å². The molecule has 5 rings (SSSR count). The number of carbonyl (C=O) groups excluding carboxylic acids is 1. The highest BCUT2D eigenvalue weighted by atomic mass is 32.1. The van der Waals surface area contributed by atoms with Gasteiger partial charge < -0.3 is 19.5 Å². The molecule has 9 nitrogen and oxygen atoms in total. The van der Waals surface area contributed by atoms with Crippen molar-refractivity contribution in [3.8, 4) is 33.9 Å². The van der Waals surface area contributed by atoms with Gasteiger partial charge in [0, 0.05) is 31.4 Å². The Bertz CT molecular complexity index is 1600. The van der Waals surface area contributed by atoms with Gasteiger partial charge in [-0.05, 0) is 41.8 Å². The standard InChI is InChI=1S/C30H28F2N4O5S/c1-35-10-11-40-24-13-20(16-33-28(24)35)22-9-8-21(41-17-31)15-23(22)26-27(32)42-30(34-26)36(2)29(39)19(14-25(37)38)12-18-6-4-3-5-7-18/h3-9,13,15-16,19H,10-12,14,17H2,1-2H3,(H,37,38). The first-order valence-electron chi connectivity index (χ1n) is 13.1. The summed E-state index contributed by atoms with van der Waals surface area (Å²) in [5.41, 5.74) is 2.21. The first kappa shape index (κ1) is 28.9. The number of benzene rings is 2. The zero-order valence-electron chi connectivity index (χ0n) is 22.9. The van der Waals surface area contributed by atoms with E-state index in [0.29, 0.717) is 52.7 Å². The molecule has 2 aromatic heterocycles. The van der Waals surface area contributed by atoms with Crippen LogP contribution in [0.25, 0.3) is 22.4 Å².